The molecule has 0 aliphatic carbocycles. The first kappa shape index (κ1) is 45.7. The van der Waals surface area contributed by atoms with E-state index in [1.54, 1.807) is 0 Å². The molecule has 14 nitrogen and oxygen atoms in total. The van der Waals surface area contributed by atoms with Crippen molar-refractivity contribution < 1.29 is 86.1 Å². The Morgan fingerprint density at radius 3 is 0.828 bits per heavy atom. The maximum absolute atomic E-state index is 10.3. The summed E-state index contributed by atoms with van der Waals surface area (Å²) in [6, 6.07) is 8.79. The van der Waals surface area contributed by atoms with E-state index in [9.17, 15) is 25.9 Å². The summed E-state index contributed by atoms with van der Waals surface area (Å²) in [6.07, 6.45) is 0. The van der Waals surface area contributed by atoms with Crippen LogP contribution in [0.25, 0.3) is 0 Å². The van der Waals surface area contributed by atoms with Crippen LogP contribution in [-0.2, 0) is 37.3 Å². The van der Waals surface area contributed by atoms with E-state index in [2.05, 4.69) is 0 Å². The van der Waals surface area contributed by atoms with Gasteiger partial charge in [-0.3, -0.25) is 0 Å². The SMILES string of the molecule is O.O.O.O.O.O.O=S(=O)([O-])c1ccc(O)cc1.O=S(=O)([O-])c1ccc(O)cc1.[Cu+2]. The Kier molecular flexibility index (Phi) is 28.7. The van der Waals surface area contributed by atoms with Crippen LogP contribution in [0, 0.1) is 0 Å². The van der Waals surface area contributed by atoms with Crippen LogP contribution >= 0.6 is 0 Å². The molecule has 0 atom stereocenters. The van der Waals surface area contributed by atoms with Gasteiger partial charge < -0.3 is 52.2 Å². The van der Waals surface area contributed by atoms with Crippen LogP contribution in [0.2, 0.25) is 0 Å². The van der Waals surface area contributed by atoms with Gasteiger partial charge >= 0.3 is 17.1 Å². The summed E-state index contributed by atoms with van der Waals surface area (Å²) in [4.78, 5) is -0.675. The molecule has 0 heterocycles. The van der Waals surface area contributed by atoms with Gasteiger partial charge in [0.25, 0.3) is 0 Å². The minimum atomic E-state index is -4.38. The summed E-state index contributed by atoms with van der Waals surface area (Å²) in [6.45, 7) is 0. The second-order valence-electron chi connectivity index (χ2n) is 3.90. The first-order valence-corrected chi connectivity index (χ1v) is 8.31. The van der Waals surface area contributed by atoms with Crippen molar-refractivity contribution in [3.63, 3.8) is 0 Å². The van der Waals surface area contributed by atoms with Crippen LogP contribution in [0.15, 0.2) is 58.3 Å². The van der Waals surface area contributed by atoms with Crippen LogP contribution in [0.4, 0.5) is 0 Å². The molecule has 0 aromatic heterocycles. The third-order valence-electron chi connectivity index (χ3n) is 2.25. The fourth-order valence-electron chi connectivity index (χ4n) is 1.23. The molecular weight excluding hydrogens is 496 g/mol. The summed E-state index contributed by atoms with van der Waals surface area (Å²) >= 11 is 0. The van der Waals surface area contributed by atoms with Crippen LogP contribution in [0.1, 0.15) is 0 Å². The van der Waals surface area contributed by atoms with Crippen LogP contribution in [0.5, 0.6) is 11.5 Å². The first-order chi connectivity index (χ1) is 10.00. The number of aromatic hydroxyl groups is 2. The Bertz CT molecular complexity index is 762. The van der Waals surface area contributed by atoms with Gasteiger partial charge in [-0.2, -0.15) is 0 Å². The van der Waals surface area contributed by atoms with Gasteiger partial charge in [-0.25, -0.2) is 16.8 Å². The molecule has 2 rings (SSSR count). The third-order valence-corrected chi connectivity index (χ3v) is 3.95. The topological polar surface area (TPSA) is 344 Å². The van der Waals surface area contributed by atoms with E-state index in [0.29, 0.717) is 0 Å². The van der Waals surface area contributed by atoms with Crippen molar-refractivity contribution in [1.82, 2.24) is 0 Å². The maximum atomic E-state index is 10.3. The molecule has 0 saturated heterocycles. The number of rotatable bonds is 2. The quantitative estimate of drug-likeness (QED) is 0.288. The Morgan fingerprint density at radius 2 is 0.690 bits per heavy atom. The molecule has 14 N–H and O–H groups in total. The summed E-state index contributed by atoms with van der Waals surface area (Å²) in [5, 5.41) is 17.5. The Morgan fingerprint density at radius 1 is 0.517 bits per heavy atom. The number of phenolic OH excluding ortho intramolecular Hbond substituents is 2. The van der Waals surface area contributed by atoms with Crippen molar-refractivity contribution in [3.05, 3.63) is 48.5 Å². The molecule has 0 aliphatic heterocycles. The minimum Gasteiger partial charge on any atom is -0.744 e. The van der Waals surface area contributed by atoms with E-state index in [1.807, 2.05) is 0 Å². The first-order valence-electron chi connectivity index (χ1n) is 5.50. The second kappa shape index (κ2) is 18.2. The van der Waals surface area contributed by atoms with Crippen molar-refractivity contribution in [2.24, 2.45) is 0 Å². The zero-order valence-corrected chi connectivity index (χ0v) is 16.7. The van der Waals surface area contributed by atoms with Crippen molar-refractivity contribution in [2.45, 2.75) is 9.79 Å². The van der Waals surface area contributed by atoms with Gasteiger partial charge in [0, 0.05) is 0 Å². The normalized spacial score (nSPS) is 8.62. The monoisotopic (exact) mass is 517 g/mol. The van der Waals surface area contributed by atoms with E-state index >= 15 is 0 Å². The molecule has 0 fully saturated rings. The number of benzene rings is 2. The van der Waals surface area contributed by atoms with Gasteiger partial charge in [0.1, 0.15) is 31.7 Å². The van der Waals surface area contributed by atoms with Crippen molar-refractivity contribution in [3.8, 4) is 11.5 Å². The molecule has 0 unspecified atom stereocenters. The van der Waals surface area contributed by atoms with Gasteiger partial charge in [-0.1, -0.05) is 0 Å². The summed E-state index contributed by atoms with van der Waals surface area (Å²) in [7, 11) is -8.76. The number of phenols is 2. The van der Waals surface area contributed by atoms with Gasteiger partial charge in [0.15, 0.2) is 0 Å². The minimum absolute atomic E-state index is 0. The molecule has 2 aromatic rings. The molecule has 0 aliphatic rings. The molecule has 17 heteroatoms. The van der Waals surface area contributed by atoms with Gasteiger partial charge in [-0.05, 0) is 48.5 Å². The molecule has 0 bridgehead atoms. The summed E-state index contributed by atoms with van der Waals surface area (Å²) in [5.41, 5.74) is 0. The maximum Gasteiger partial charge on any atom is 2.00 e. The average Bonchev–Trinajstić information content (AvgIpc) is 2.38. The summed E-state index contributed by atoms with van der Waals surface area (Å²) in [5.74, 6) is -0.144. The third kappa shape index (κ3) is 16.8. The van der Waals surface area contributed by atoms with Crippen LogP contribution in [0.3, 0.4) is 0 Å². The molecule has 0 amide bonds. The van der Waals surface area contributed by atoms with Gasteiger partial charge in [0.2, 0.25) is 0 Å². The smallest absolute Gasteiger partial charge is 0.744 e. The molecule has 0 saturated carbocycles. The average molecular weight is 518 g/mol. The molecule has 0 spiro atoms. The predicted molar refractivity (Wildman–Crippen MR) is 93.8 cm³/mol. The van der Waals surface area contributed by atoms with E-state index in [0.717, 1.165) is 48.5 Å². The van der Waals surface area contributed by atoms with Gasteiger partial charge in [-0.15, -0.1) is 0 Å². The number of hydrogen-bond acceptors (Lipinski definition) is 8. The zero-order valence-electron chi connectivity index (χ0n) is 14.1. The van der Waals surface area contributed by atoms with Crippen molar-refractivity contribution >= 4 is 20.2 Å². The van der Waals surface area contributed by atoms with E-state index in [-0.39, 0.29) is 71.2 Å². The Labute approximate surface area is 176 Å². The molecular formula is C12H22CuO14S2. The van der Waals surface area contributed by atoms with E-state index in [1.165, 1.54) is 0 Å². The van der Waals surface area contributed by atoms with Crippen LogP contribution < -0.4 is 0 Å². The Balaban J connectivity index is -0.0000000538. The fraction of sp³-hybridized carbons (Fsp3) is 0. The van der Waals surface area contributed by atoms with Crippen molar-refractivity contribution in [2.75, 3.05) is 0 Å². The van der Waals surface area contributed by atoms with Crippen molar-refractivity contribution in [1.29, 1.82) is 0 Å². The fourth-order valence-corrected chi connectivity index (χ4v) is 2.16. The molecule has 177 valence electrons. The summed E-state index contributed by atoms with van der Waals surface area (Å²) < 4.78 is 61.8. The standard InChI is InChI=1S/2C6H6O4S.Cu.6H2O/c2*7-5-1-3-6(4-2-5)11(8,9)10;;;;;;;/h2*1-4,7H,(H,8,9,10);;6*1H2/q;;+2;;;;;;/p-2. The molecule has 29 heavy (non-hydrogen) atoms. The van der Waals surface area contributed by atoms with E-state index in [4.69, 9.17) is 10.2 Å². The van der Waals surface area contributed by atoms with E-state index < -0.39 is 20.2 Å². The number of hydrogen-bond donors (Lipinski definition) is 2. The second-order valence-corrected chi connectivity index (χ2v) is 6.66. The molecule has 1 radical (unpaired) electrons. The van der Waals surface area contributed by atoms with Gasteiger partial charge in [0.05, 0.1) is 9.79 Å². The van der Waals surface area contributed by atoms with Crippen LogP contribution in [-0.4, -0.2) is 69.0 Å². The molecule has 2 aromatic carbocycles. The Hall–Kier alpha value is -1.86. The zero-order chi connectivity index (χ0) is 17.0. The largest absolute Gasteiger partial charge is 2.00 e. The predicted octanol–water partition coefficient (Wildman–Crippen LogP) is -4.36.